The van der Waals surface area contributed by atoms with E-state index in [0.29, 0.717) is 43.4 Å². The number of azo groups is 1. The number of benzene rings is 2. The normalized spacial score (nSPS) is 16.6. The lowest BCUT2D eigenvalue weighted by Crippen LogP contribution is -2.48. The van der Waals surface area contributed by atoms with Gasteiger partial charge in [0.15, 0.2) is 5.69 Å². The molecular formula is C25H26N6O3S. The van der Waals surface area contributed by atoms with Gasteiger partial charge in [-0.25, -0.2) is 0 Å². The van der Waals surface area contributed by atoms with Gasteiger partial charge < -0.3 is 15.3 Å². The van der Waals surface area contributed by atoms with Crippen LogP contribution in [0.15, 0.2) is 74.3 Å². The van der Waals surface area contributed by atoms with Gasteiger partial charge in [-0.2, -0.15) is 0 Å². The molecule has 1 saturated heterocycles. The molecule has 2 aliphatic rings. The molecule has 2 aromatic carbocycles. The van der Waals surface area contributed by atoms with Crippen molar-refractivity contribution in [3.8, 4) is 5.88 Å². The predicted molar refractivity (Wildman–Crippen MR) is 136 cm³/mol. The Hall–Kier alpha value is -3.63. The molecule has 9 nitrogen and oxygen atoms in total. The highest BCUT2D eigenvalue weighted by Gasteiger charge is 2.24. The number of rotatable bonds is 4. The second-order valence-corrected chi connectivity index (χ2v) is 9.62. The first kappa shape index (κ1) is 23.1. The molecule has 2 N–H and O–H groups in total. The fourth-order valence-corrected chi connectivity index (χ4v) is 5.29. The number of nitrogens with zero attached hydrogens (tertiary/aromatic N) is 5. The lowest BCUT2D eigenvalue weighted by atomic mass is 10.2. The molecule has 3 heterocycles. The maximum absolute atomic E-state index is 12.9. The predicted octanol–water partition coefficient (Wildman–Crippen LogP) is 4.53. The van der Waals surface area contributed by atoms with E-state index in [9.17, 15) is 14.7 Å². The molecule has 2 aliphatic heterocycles. The number of allylic oxidation sites excluding steroid dienone is 1. The van der Waals surface area contributed by atoms with Gasteiger partial charge in [-0.05, 0) is 25.1 Å². The first-order valence-corrected chi connectivity index (χ1v) is 12.2. The summed E-state index contributed by atoms with van der Waals surface area (Å²) in [4.78, 5) is 30.0. The minimum atomic E-state index is -0.467. The molecule has 1 fully saturated rings. The van der Waals surface area contributed by atoms with E-state index in [1.54, 1.807) is 11.5 Å². The maximum Gasteiger partial charge on any atom is 0.303 e. The number of para-hydroxylation sites is 2. The molecule has 0 bridgehead atoms. The van der Waals surface area contributed by atoms with Gasteiger partial charge in [-0.1, -0.05) is 42.1 Å². The molecule has 180 valence electrons. The second-order valence-electron chi connectivity index (χ2n) is 8.57. The Bertz CT molecular complexity index is 1370. The Morgan fingerprint density at radius 2 is 1.77 bits per heavy atom. The molecule has 10 heteroatoms. The Balaban J connectivity index is 1.39. The molecule has 3 aromatic rings. The van der Waals surface area contributed by atoms with E-state index in [1.165, 1.54) is 11.8 Å². The van der Waals surface area contributed by atoms with Crippen LogP contribution < -0.4 is 5.32 Å². The number of thioether (sulfide) groups is 1. The van der Waals surface area contributed by atoms with Crippen molar-refractivity contribution in [2.24, 2.45) is 10.2 Å². The number of aromatic hydroxyl groups is 1. The standard InChI is InChI=1S/C25H26N6O3S/c1-16-23(35-21-10-6-4-8-19(21)26-16)24(33)28-27-22-18-7-3-5-9-20(18)31(25(22)34)15-29-11-13-30(14-12-29)17(2)32/h3-10,26,34H,11-15H2,1-2H3. The molecule has 0 atom stereocenters. The van der Waals surface area contributed by atoms with Gasteiger partial charge in [0.1, 0.15) is 4.91 Å². The molecule has 5 rings (SSSR count). The lowest BCUT2D eigenvalue weighted by molar-refractivity contribution is -0.130. The van der Waals surface area contributed by atoms with Gasteiger partial charge in [-0.3, -0.25) is 19.1 Å². The van der Waals surface area contributed by atoms with Crippen LogP contribution in [0.4, 0.5) is 11.4 Å². The zero-order chi connectivity index (χ0) is 24.5. The van der Waals surface area contributed by atoms with E-state index in [-0.39, 0.29) is 17.5 Å². The fourth-order valence-electron chi connectivity index (χ4n) is 4.37. The van der Waals surface area contributed by atoms with Crippen LogP contribution in [-0.2, 0) is 16.3 Å². The largest absolute Gasteiger partial charge is 0.493 e. The summed E-state index contributed by atoms with van der Waals surface area (Å²) in [6.45, 7) is 6.58. The van der Waals surface area contributed by atoms with Crippen LogP contribution in [0.25, 0.3) is 10.9 Å². The van der Waals surface area contributed by atoms with Crippen molar-refractivity contribution in [2.75, 3.05) is 31.5 Å². The Morgan fingerprint density at radius 3 is 2.54 bits per heavy atom. The van der Waals surface area contributed by atoms with Crippen molar-refractivity contribution in [3.63, 3.8) is 0 Å². The van der Waals surface area contributed by atoms with Crippen LogP contribution in [0.2, 0.25) is 0 Å². The number of aromatic nitrogens is 1. The summed E-state index contributed by atoms with van der Waals surface area (Å²) < 4.78 is 1.77. The number of hydrogen-bond donors (Lipinski definition) is 2. The van der Waals surface area contributed by atoms with E-state index in [4.69, 9.17) is 0 Å². The van der Waals surface area contributed by atoms with Crippen LogP contribution >= 0.6 is 11.8 Å². The summed E-state index contributed by atoms with van der Waals surface area (Å²) >= 11 is 1.36. The molecule has 2 amide bonds. The van der Waals surface area contributed by atoms with Crippen LogP contribution in [0, 0.1) is 0 Å². The number of nitrogens with one attached hydrogen (secondary N) is 1. The Labute approximate surface area is 207 Å². The van der Waals surface area contributed by atoms with E-state index < -0.39 is 5.91 Å². The van der Waals surface area contributed by atoms with Crippen molar-refractivity contribution in [2.45, 2.75) is 25.4 Å². The third-order valence-corrected chi connectivity index (χ3v) is 7.53. The number of piperazine rings is 1. The summed E-state index contributed by atoms with van der Waals surface area (Å²) in [6.07, 6.45) is 0. The fraction of sp³-hybridized carbons (Fsp3) is 0.280. The highest BCUT2D eigenvalue weighted by molar-refractivity contribution is 8.04. The first-order valence-electron chi connectivity index (χ1n) is 11.4. The molecule has 0 spiro atoms. The summed E-state index contributed by atoms with van der Waals surface area (Å²) in [7, 11) is 0. The molecular weight excluding hydrogens is 464 g/mol. The van der Waals surface area contributed by atoms with Crippen LogP contribution in [0.5, 0.6) is 5.88 Å². The third kappa shape index (κ3) is 4.54. The minimum Gasteiger partial charge on any atom is -0.493 e. The smallest absolute Gasteiger partial charge is 0.303 e. The monoisotopic (exact) mass is 490 g/mol. The van der Waals surface area contributed by atoms with Gasteiger partial charge in [0.2, 0.25) is 11.8 Å². The van der Waals surface area contributed by atoms with Gasteiger partial charge in [0.25, 0.3) is 0 Å². The van der Waals surface area contributed by atoms with E-state index in [1.807, 2.05) is 60.4 Å². The second kappa shape index (κ2) is 9.55. The first-order chi connectivity index (χ1) is 16.9. The van der Waals surface area contributed by atoms with Crippen molar-refractivity contribution in [3.05, 3.63) is 59.1 Å². The van der Waals surface area contributed by atoms with E-state index >= 15 is 0 Å². The summed E-state index contributed by atoms with van der Waals surface area (Å²) in [5.41, 5.74) is 2.74. The number of hydrogen-bond acceptors (Lipinski definition) is 7. The van der Waals surface area contributed by atoms with Crippen LogP contribution in [0.1, 0.15) is 13.8 Å². The van der Waals surface area contributed by atoms with E-state index in [0.717, 1.165) is 21.5 Å². The molecule has 0 saturated carbocycles. The van der Waals surface area contributed by atoms with Gasteiger partial charge in [0, 0.05) is 49.1 Å². The number of carbonyl (C=O) groups excluding carboxylic acids is 2. The summed E-state index contributed by atoms with van der Waals surface area (Å²) in [5, 5.41) is 23.2. The average Bonchev–Trinajstić information content (AvgIpc) is 3.13. The lowest BCUT2D eigenvalue weighted by Gasteiger charge is -2.34. The van der Waals surface area contributed by atoms with Gasteiger partial charge in [0.05, 0.1) is 17.9 Å². The van der Waals surface area contributed by atoms with Crippen LogP contribution in [0.3, 0.4) is 0 Å². The maximum atomic E-state index is 12.9. The SMILES string of the molecule is CC(=O)N1CCN(Cn2c(O)c(N=NC(=O)C3=C(C)Nc4ccccc4S3)c3ccccc32)CC1. The number of amides is 2. The van der Waals surface area contributed by atoms with Crippen LogP contribution in [-0.4, -0.2) is 57.5 Å². The van der Waals surface area contributed by atoms with E-state index in [2.05, 4.69) is 20.4 Å². The van der Waals surface area contributed by atoms with Crippen molar-refractivity contribution in [1.82, 2.24) is 14.4 Å². The highest BCUT2D eigenvalue weighted by Crippen LogP contribution is 2.41. The van der Waals surface area contributed by atoms with Crippen molar-refractivity contribution < 1.29 is 14.7 Å². The minimum absolute atomic E-state index is 0.0396. The Kier molecular flexibility index (Phi) is 6.31. The molecule has 35 heavy (non-hydrogen) atoms. The van der Waals surface area contributed by atoms with Crippen molar-refractivity contribution >= 4 is 45.9 Å². The summed E-state index contributed by atoms with van der Waals surface area (Å²) in [5.74, 6) is -0.431. The average molecular weight is 491 g/mol. The Morgan fingerprint density at radius 1 is 1.06 bits per heavy atom. The quantitative estimate of drug-likeness (QED) is 0.521. The zero-order valence-electron chi connectivity index (χ0n) is 19.6. The van der Waals surface area contributed by atoms with Crippen molar-refractivity contribution in [1.29, 1.82) is 0 Å². The third-order valence-electron chi connectivity index (χ3n) is 6.27. The van der Waals surface area contributed by atoms with Gasteiger partial charge in [-0.15, -0.1) is 10.2 Å². The summed E-state index contributed by atoms with van der Waals surface area (Å²) in [6, 6.07) is 15.3. The van der Waals surface area contributed by atoms with Gasteiger partial charge >= 0.3 is 5.91 Å². The number of fused-ring (bicyclic) bond motifs is 2. The molecule has 0 unspecified atom stereocenters. The molecule has 1 aromatic heterocycles. The molecule has 0 radical (unpaired) electrons. The number of anilines is 1. The molecule has 0 aliphatic carbocycles. The topological polar surface area (TPSA) is 103 Å². The zero-order valence-corrected chi connectivity index (χ0v) is 20.4. The highest BCUT2D eigenvalue weighted by atomic mass is 32.2. The number of carbonyl (C=O) groups is 2.